The molecule has 4 heteroatoms. The van der Waals surface area contributed by atoms with Gasteiger partial charge in [0, 0.05) is 14.0 Å². The molecule has 2 radical (unpaired) electrons. The molecule has 0 aromatic heterocycles. The molecule has 0 bridgehead atoms. The second kappa shape index (κ2) is 3.30. The first kappa shape index (κ1) is 9.92. The maximum atomic E-state index is 9.39. The van der Waals surface area contributed by atoms with E-state index in [1.165, 1.54) is 7.11 Å². The Hall–Kier alpha value is -0.160. The van der Waals surface area contributed by atoms with Gasteiger partial charge in [-0.15, -0.1) is 0 Å². The third-order valence-corrected chi connectivity index (χ3v) is 2.17. The number of aliphatic hydroxyl groups excluding tert-OH is 2. The molecule has 0 aromatic carbocycles. The molecule has 70 valence electrons. The summed E-state index contributed by atoms with van der Waals surface area (Å²) in [5.41, 5.74) is 0. The van der Waals surface area contributed by atoms with Crippen LogP contribution in [-0.2, 0) is 9.47 Å². The summed E-state index contributed by atoms with van der Waals surface area (Å²) < 4.78 is 9.89. The summed E-state index contributed by atoms with van der Waals surface area (Å²) in [5.74, 6) is -1.56. The monoisotopic (exact) mass is 174 g/mol. The zero-order valence-electron chi connectivity index (χ0n) is 7.23. The van der Waals surface area contributed by atoms with E-state index in [-0.39, 0.29) is 0 Å². The van der Waals surface area contributed by atoms with Gasteiger partial charge in [0.2, 0.25) is 5.79 Å². The Kier molecular flexibility index (Phi) is 2.73. The quantitative estimate of drug-likeness (QED) is 0.596. The molecule has 1 unspecified atom stereocenters. The van der Waals surface area contributed by atoms with Crippen molar-refractivity contribution in [1.29, 1.82) is 0 Å². The molecular weight excluding hydrogens is 160 g/mol. The molecule has 1 aliphatic heterocycles. The Morgan fingerprint density at radius 1 is 1.58 bits per heavy atom. The molecule has 0 aliphatic carbocycles. The second-order valence-electron chi connectivity index (χ2n) is 2.93. The number of hydrogen-bond acceptors (Lipinski definition) is 4. The Labute approximate surface area is 72.1 Å². The molecule has 1 aliphatic rings. The number of hydrogen-bond donors (Lipinski definition) is 2. The van der Waals surface area contributed by atoms with E-state index in [1.54, 1.807) is 0 Å². The normalized spacial score (nSPS) is 48.2. The van der Waals surface area contributed by atoms with Crippen LogP contribution >= 0.6 is 0 Å². The van der Waals surface area contributed by atoms with Crippen LogP contribution in [0, 0.1) is 6.92 Å². The average Bonchev–Trinajstić information content (AvgIpc) is 2.31. The van der Waals surface area contributed by atoms with Crippen LogP contribution in [0.1, 0.15) is 13.3 Å². The summed E-state index contributed by atoms with van der Waals surface area (Å²) in [5, 5.41) is 18.8. The minimum Gasteiger partial charge on any atom is -0.387 e. The lowest BCUT2D eigenvalue weighted by molar-refractivity contribution is -0.213. The highest BCUT2D eigenvalue weighted by molar-refractivity contribution is 4.97. The maximum Gasteiger partial charge on any atom is 0.201 e. The van der Waals surface area contributed by atoms with E-state index in [0.29, 0.717) is 6.42 Å². The fourth-order valence-electron chi connectivity index (χ4n) is 1.31. The van der Waals surface area contributed by atoms with Gasteiger partial charge in [0.05, 0.1) is 6.10 Å². The smallest absolute Gasteiger partial charge is 0.201 e. The van der Waals surface area contributed by atoms with Crippen molar-refractivity contribution in [2.75, 3.05) is 7.11 Å². The van der Waals surface area contributed by atoms with Crippen LogP contribution in [0.5, 0.6) is 0 Å². The average molecular weight is 174 g/mol. The van der Waals surface area contributed by atoms with Crippen LogP contribution in [-0.4, -0.2) is 41.4 Å². The van der Waals surface area contributed by atoms with Gasteiger partial charge in [-0.3, -0.25) is 0 Å². The molecule has 0 amide bonds. The lowest BCUT2D eigenvalue weighted by Crippen LogP contribution is -2.42. The zero-order valence-corrected chi connectivity index (χ0v) is 7.23. The fourth-order valence-corrected chi connectivity index (χ4v) is 1.31. The van der Waals surface area contributed by atoms with Crippen LogP contribution < -0.4 is 0 Å². The number of rotatable bonds is 2. The molecule has 0 aromatic rings. The van der Waals surface area contributed by atoms with Crippen molar-refractivity contribution in [3.63, 3.8) is 0 Å². The minimum atomic E-state index is -1.56. The van der Waals surface area contributed by atoms with Crippen molar-refractivity contribution < 1.29 is 19.7 Å². The van der Waals surface area contributed by atoms with Gasteiger partial charge >= 0.3 is 0 Å². The number of ether oxygens (including phenoxy) is 2. The van der Waals surface area contributed by atoms with Crippen LogP contribution in [0.15, 0.2) is 0 Å². The SMILES string of the molecule is [CH][C@@]1(OC)O[C@H](CC)[C@H](O)C1O. The van der Waals surface area contributed by atoms with Crippen molar-refractivity contribution in [2.24, 2.45) is 0 Å². The zero-order chi connectivity index (χ0) is 9.35. The van der Waals surface area contributed by atoms with Crippen LogP contribution in [0.4, 0.5) is 0 Å². The van der Waals surface area contributed by atoms with Gasteiger partial charge in [0.15, 0.2) is 0 Å². The lowest BCUT2D eigenvalue weighted by atomic mass is 10.1. The van der Waals surface area contributed by atoms with E-state index in [4.69, 9.17) is 16.4 Å². The largest absolute Gasteiger partial charge is 0.387 e. The summed E-state index contributed by atoms with van der Waals surface area (Å²) in [4.78, 5) is 0. The van der Waals surface area contributed by atoms with E-state index in [2.05, 4.69) is 0 Å². The van der Waals surface area contributed by atoms with E-state index in [9.17, 15) is 10.2 Å². The Morgan fingerprint density at radius 2 is 2.17 bits per heavy atom. The molecule has 12 heavy (non-hydrogen) atoms. The lowest BCUT2D eigenvalue weighted by Gasteiger charge is -2.24. The molecule has 1 rings (SSSR count). The minimum absolute atomic E-state index is 0.454. The number of methoxy groups -OCH3 is 1. The standard InChI is InChI=1S/C8H14O4/c1-4-5-6(9)7(10)8(2,11-3)12-5/h2,5-7,9-10H,4H2,1,3H3/t5-,6+,7?,8-/m1/s1. The molecule has 0 saturated carbocycles. The van der Waals surface area contributed by atoms with Crippen molar-refractivity contribution in [1.82, 2.24) is 0 Å². The van der Waals surface area contributed by atoms with Crippen molar-refractivity contribution >= 4 is 0 Å². The van der Waals surface area contributed by atoms with Gasteiger partial charge in [-0.25, -0.2) is 0 Å². The third kappa shape index (κ3) is 1.35. The first-order valence-electron chi connectivity index (χ1n) is 3.93. The summed E-state index contributed by atoms with van der Waals surface area (Å²) >= 11 is 0. The highest BCUT2D eigenvalue weighted by atomic mass is 16.7. The molecule has 1 fully saturated rings. The van der Waals surface area contributed by atoms with Crippen molar-refractivity contribution in [3.05, 3.63) is 6.92 Å². The first-order valence-corrected chi connectivity index (χ1v) is 3.93. The van der Waals surface area contributed by atoms with Crippen molar-refractivity contribution in [2.45, 2.75) is 37.4 Å². The predicted octanol–water partition coefficient (Wildman–Crippen LogP) is -0.429. The van der Waals surface area contributed by atoms with Gasteiger partial charge in [-0.05, 0) is 6.42 Å². The Morgan fingerprint density at radius 3 is 2.42 bits per heavy atom. The summed E-state index contributed by atoms with van der Waals surface area (Å²) in [6.07, 6.45) is -2.03. The van der Waals surface area contributed by atoms with Gasteiger partial charge < -0.3 is 19.7 Å². The fraction of sp³-hybridized carbons (Fsp3) is 0.875. The Balaban J connectivity index is 2.72. The van der Waals surface area contributed by atoms with Crippen LogP contribution in [0.3, 0.4) is 0 Å². The van der Waals surface area contributed by atoms with Gasteiger partial charge in [-0.2, -0.15) is 0 Å². The predicted molar refractivity (Wildman–Crippen MR) is 41.2 cm³/mol. The van der Waals surface area contributed by atoms with E-state index in [0.717, 1.165) is 0 Å². The highest BCUT2D eigenvalue weighted by Crippen LogP contribution is 2.32. The molecule has 4 nitrogen and oxygen atoms in total. The molecule has 2 N–H and O–H groups in total. The van der Waals surface area contributed by atoms with Gasteiger partial charge in [0.1, 0.15) is 12.2 Å². The summed E-state index contributed by atoms with van der Waals surface area (Å²) in [7, 11) is 1.33. The molecule has 1 heterocycles. The summed E-state index contributed by atoms with van der Waals surface area (Å²) in [6.45, 7) is 7.34. The van der Waals surface area contributed by atoms with Crippen LogP contribution in [0.25, 0.3) is 0 Å². The second-order valence-corrected chi connectivity index (χ2v) is 2.93. The topological polar surface area (TPSA) is 58.9 Å². The van der Waals surface area contributed by atoms with E-state index < -0.39 is 24.1 Å². The molecule has 0 spiro atoms. The van der Waals surface area contributed by atoms with Crippen molar-refractivity contribution in [3.8, 4) is 0 Å². The van der Waals surface area contributed by atoms with E-state index >= 15 is 0 Å². The maximum absolute atomic E-state index is 9.39. The van der Waals surface area contributed by atoms with Crippen LogP contribution in [0.2, 0.25) is 0 Å². The van der Waals surface area contributed by atoms with E-state index in [1.807, 2.05) is 6.92 Å². The third-order valence-electron chi connectivity index (χ3n) is 2.17. The molecule has 1 saturated heterocycles. The Bertz CT molecular complexity index is 161. The number of aliphatic hydroxyl groups is 2. The van der Waals surface area contributed by atoms with Gasteiger partial charge in [0.25, 0.3) is 0 Å². The first-order chi connectivity index (χ1) is 5.55. The highest BCUT2D eigenvalue weighted by Gasteiger charge is 2.51. The summed E-state index contributed by atoms with van der Waals surface area (Å²) in [6, 6.07) is 0. The molecular formula is C8H14O4. The van der Waals surface area contributed by atoms with Gasteiger partial charge in [-0.1, -0.05) is 6.92 Å². The molecule has 4 atom stereocenters.